The highest BCUT2D eigenvalue weighted by Gasteiger charge is 2.14. The zero-order valence-electron chi connectivity index (χ0n) is 16.8. The first-order valence-electron chi connectivity index (χ1n) is 9.13. The lowest BCUT2D eigenvalue weighted by atomic mass is 10.2. The van der Waals surface area contributed by atoms with Gasteiger partial charge in [-0.25, -0.2) is 5.43 Å². The fraction of sp³-hybridized carbons (Fsp3) is 0.136. The van der Waals surface area contributed by atoms with Crippen molar-refractivity contribution in [1.29, 1.82) is 0 Å². The minimum Gasteiger partial charge on any atom is -0.497 e. The van der Waals surface area contributed by atoms with Crippen molar-refractivity contribution in [2.24, 2.45) is 5.10 Å². The van der Waals surface area contributed by atoms with E-state index in [2.05, 4.69) is 15.8 Å². The van der Waals surface area contributed by atoms with E-state index in [1.165, 1.54) is 13.3 Å². The maximum atomic E-state index is 12.0. The van der Waals surface area contributed by atoms with E-state index in [0.29, 0.717) is 16.5 Å². The monoisotopic (exact) mass is 424 g/mol. The number of ether oxygens (including phenoxy) is 1. The molecule has 2 aromatic carbocycles. The van der Waals surface area contributed by atoms with E-state index >= 15 is 0 Å². The number of rotatable bonds is 5. The number of hydrazone groups is 1. The molecule has 0 radical (unpaired) electrons. The first kappa shape index (κ1) is 21.1. The molecule has 0 aliphatic heterocycles. The number of anilines is 1. The van der Waals surface area contributed by atoms with Crippen molar-refractivity contribution < 1.29 is 14.3 Å². The number of benzene rings is 2. The lowest BCUT2D eigenvalue weighted by Crippen LogP contribution is -2.32. The number of halogens is 1. The highest BCUT2D eigenvalue weighted by Crippen LogP contribution is 2.25. The number of aryl methyl sites for hydroxylation is 1. The van der Waals surface area contributed by atoms with Crippen LogP contribution in [0.15, 0.2) is 59.7 Å². The molecule has 0 saturated carbocycles. The summed E-state index contributed by atoms with van der Waals surface area (Å²) in [4.78, 5) is 24.1. The molecule has 0 unspecified atom stereocenters. The number of nitrogens with one attached hydrogen (secondary N) is 2. The molecule has 7 nitrogen and oxygen atoms in total. The Kier molecular flexibility index (Phi) is 6.54. The molecule has 30 heavy (non-hydrogen) atoms. The number of para-hydroxylation sites is 1. The number of carbonyl (C=O) groups excluding carboxylic acids is 2. The van der Waals surface area contributed by atoms with Crippen molar-refractivity contribution in [1.82, 2.24) is 9.99 Å². The predicted molar refractivity (Wildman–Crippen MR) is 118 cm³/mol. The van der Waals surface area contributed by atoms with E-state index in [-0.39, 0.29) is 0 Å². The lowest BCUT2D eigenvalue weighted by molar-refractivity contribution is -0.136. The van der Waals surface area contributed by atoms with Crippen LogP contribution in [0.4, 0.5) is 5.69 Å². The quantitative estimate of drug-likeness (QED) is 0.370. The topological polar surface area (TPSA) is 84.7 Å². The van der Waals surface area contributed by atoms with E-state index < -0.39 is 11.8 Å². The normalized spacial score (nSPS) is 10.8. The second-order valence-electron chi connectivity index (χ2n) is 6.50. The second-order valence-corrected chi connectivity index (χ2v) is 6.91. The predicted octanol–water partition coefficient (Wildman–Crippen LogP) is 3.84. The Morgan fingerprint density at radius 3 is 2.57 bits per heavy atom. The summed E-state index contributed by atoms with van der Waals surface area (Å²) in [5.74, 6) is -1.14. The van der Waals surface area contributed by atoms with Gasteiger partial charge in [0, 0.05) is 28.7 Å². The third-order valence-corrected chi connectivity index (χ3v) is 4.79. The Labute approximate surface area is 179 Å². The van der Waals surface area contributed by atoms with E-state index in [9.17, 15) is 9.59 Å². The van der Waals surface area contributed by atoms with Crippen molar-refractivity contribution in [2.75, 3.05) is 12.4 Å². The van der Waals surface area contributed by atoms with Gasteiger partial charge in [-0.05, 0) is 44.2 Å². The zero-order valence-corrected chi connectivity index (χ0v) is 17.5. The van der Waals surface area contributed by atoms with Gasteiger partial charge in [0.05, 0.1) is 24.0 Å². The Bertz CT molecular complexity index is 1120. The van der Waals surface area contributed by atoms with E-state index in [1.807, 2.05) is 48.7 Å². The molecule has 0 bridgehead atoms. The Morgan fingerprint density at radius 1 is 1.07 bits per heavy atom. The molecule has 1 heterocycles. The standard InChI is InChI=1S/C22H21ClN4O3/c1-14-11-16(15(2)27(14)20-10-5-4-9-19(20)23)13-24-26-22(29)21(28)25-17-7-6-8-18(12-17)30-3/h4-13H,1-3H3,(H,25,28)(H,26,29)/b24-13-. The van der Waals surface area contributed by atoms with Gasteiger partial charge >= 0.3 is 11.8 Å². The summed E-state index contributed by atoms with van der Waals surface area (Å²) >= 11 is 6.31. The number of methoxy groups -OCH3 is 1. The minimum atomic E-state index is -0.881. The van der Waals surface area contributed by atoms with Crippen molar-refractivity contribution >= 4 is 35.3 Å². The Morgan fingerprint density at radius 2 is 1.83 bits per heavy atom. The maximum Gasteiger partial charge on any atom is 0.329 e. The van der Waals surface area contributed by atoms with Crippen molar-refractivity contribution in [3.8, 4) is 11.4 Å². The maximum absolute atomic E-state index is 12.0. The second kappa shape index (κ2) is 9.28. The zero-order chi connectivity index (χ0) is 21.7. The largest absolute Gasteiger partial charge is 0.497 e. The van der Waals surface area contributed by atoms with Gasteiger partial charge in [0.25, 0.3) is 0 Å². The van der Waals surface area contributed by atoms with Crippen molar-refractivity contribution in [3.63, 3.8) is 0 Å². The van der Waals surface area contributed by atoms with Gasteiger partial charge in [-0.15, -0.1) is 0 Å². The summed E-state index contributed by atoms with van der Waals surface area (Å²) in [5, 5.41) is 7.04. The van der Waals surface area contributed by atoms with Crippen LogP contribution in [0.3, 0.4) is 0 Å². The van der Waals surface area contributed by atoms with Crippen LogP contribution in [0.5, 0.6) is 5.75 Å². The van der Waals surface area contributed by atoms with Gasteiger partial charge in [-0.3, -0.25) is 9.59 Å². The van der Waals surface area contributed by atoms with Crippen LogP contribution in [0.25, 0.3) is 5.69 Å². The fourth-order valence-corrected chi connectivity index (χ4v) is 3.24. The van der Waals surface area contributed by atoms with Crippen LogP contribution in [0, 0.1) is 13.8 Å². The van der Waals surface area contributed by atoms with Crippen molar-refractivity contribution in [2.45, 2.75) is 13.8 Å². The summed E-state index contributed by atoms with van der Waals surface area (Å²) in [5.41, 5.74) is 6.20. The molecule has 0 aliphatic carbocycles. The summed E-state index contributed by atoms with van der Waals surface area (Å²) in [7, 11) is 1.52. The molecule has 3 aromatic rings. The number of aromatic nitrogens is 1. The van der Waals surface area contributed by atoms with E-state index in [0.717, 1.165) is 22.6 Å². The lowest BCUT2D eigenvalue weighted by Gasteiger charge is -2.11. The first-order valence-corrected chi connectivity index (χ1v) is 9.50. The Hall–Kier alpha value is -3.58. The van der Waals surface area contributed by atoms with E-state index in [4.69, 9.17) is 16.3 Å². The summed E-state index contributed by atoms with van der Waals surface area (Å²) in [6, 6.07) is 16.2. The third kappa shape index (κ3) is 4.69. The van der Waals surface area contributed by atoms with Gasteiger partial charge in [0.1, 0.15) is 5.75 Å². The van der Waals surface area contributed by atoms with Crippen molar-refractivity contribution in [3.05, 3.63) is 76.6 Å². The number of amides is 2. The van der Waals surface area contributed by atoms with Crippen LogP contribution in [-0.4, -0.2) is 29.7 Å². The van der Waals surface area contributed by atoms with Gasteiger partial charge in [-0.1, -0.05) is 29.8 Å². The summed E-state index contributed by atoms with van der Waals surface area (Å²) < 4.78 is 7.09. The molecule has 2 N–H and O–H groups in total. The fourth-order valence-electron chi connectivity index (χ4n) is 3.02. The van der Waals surface area contributed by atoms with Gasteiger partial charge in [-0.2, -0.15) is 5.10 Å². The van der Waals surface area contributed by atoms with Gasteiger partial charge in [0.15, 0.2) is 0 Å². The number of hydrogen-bond donors (Lipinski definition) is 2. The number of carbonyl (C=O) groups is 2. The molecule has 154 valence electrons. The molecular weight excluding hydrogens is 404 g/mol. The molecule has 0 spiro atoms. The molecule has 0 saturated heterocycles. The molecule has 2 amide bonds. The average molecular weight is 425 g/mol. The highest BCUT2D eigenvalue weighted by atomic mass is 35.5. The van der Waals surface area contributed by atoms with Gasteiger partial charge < -0.3 is 14.6 Å². The number of nitrogens with zero attached hydrogens (tertiary/aromatic N) is 2. The molecule has 0 atom stereocenters. The Balaban J connectivity index is 1.68. The molecule has 0 fully saturated rings. The summed E-state index contributed by atoms with van der Waals surface area (Å²) in [6.45, 7) is 3.88. The van der Waals surface area contributed by atoms with E-state index in [1.54, 1.807) is 24.3 Å². The van der Waals surface area contributed by atoms with Crippen LogP contribution >= 0.6 is 11.6 Å². The van der Waals surface area contributed by atoms with Crippen LogP contribution < -0.4 is 15.5 Å². The van der Waals surface area contributed by atoms with Crippen LogP contribution in [-0.2, 0) is 9.59 Å². The highest BCUT2D eigenvalue weighted by molar-refractivity contribution is 6.39. The first-order chi connectivity index (χ1) is 14.4. The summed E-state index contributed by atoms with van der Waals surface area (Å²) in [6.07, 6.45) is 1.49. The average Bonchev–Trinajstić information content (AvgIpc) is 3.01. The minimum absolute atomic E-state index is 0.446. The molecular formula is C22H21ClN4O3. The third-order valence-electron chi connectivity index (χ3n) is 4.47. The molecule has 8 heteroatoms. The number of hydrogen-bond acceptors (Lipinski definition) is 4. The van der Waals surface area contributed by atoms with Crippen LogP contribution in [0.2, 0.25) is 5.02 Å². The smallest absolute Gasteiger partial charge is 0.329 e. The van der Waals surface area contributed by atoms with Gasteiger partial charge in [0.2, 0.25) is 0 Å². The molecule has 1 aromatic heterocycles. The molecule has 0 aliphatic rings. The SMILES string of the molecule is COc1cccc(NC(=O)C(=O)N/N=C\c2cc(C)n(-c3ccccc3Cl)c2C)c1. The molecule has 3 rings (SSSR count). The van der Waals surface area contributed by atoms with Crippen LogP contribution in [0.1, 0.15) is 17.0 Å².